The summed E-state index contributed by atoms with van der Waals surface area (Å²) >= 11 is 0. The predicted molar refractivity (Wildman–Crippen MR) is 102 cm³/mol. The number of rotatable bonds is 12. The summed E-state index contributed by atoms with van der Waals surface area (Å²) in [5.41, 5.74) is -0.157. The maximum Gasteiger partial charge on any atom is 0.232 e. The quantitative estimate of drug-likeness (QED) is 0.331. The second kappa shape index (κ2) is 12.6. The molecule has 26 heavy (non-hydrogen) atoms. The number of unbranched alkanes of at least 4 members (excludes halogenated alkanes) is 1. The molecule has 1 aromatic heterocycles. The molecule has 0 aliphatic heterocycles. The molecule has 150 valence electrons. The van der Waals surface area contributed by atoms with Gasteiger partial charge in [-0.3, -0.25) is 0 Å². The van der Waals surface area contributed by atoms with Crippen molar-refractivity contribution in [1.29, 1.82) is 0 Å². The van der Waals surface area contributed by atoms with E-state index in [1.165, 1.54) is 0 Å². The van der Waals surface area contributed by atoms with E-state index in [9.17, 15) is 0 Å². The topological polar surface area (TPSA) is 93.8 Å². The molecule has 1 aromatic rings. The van der Waals surface area contributed by atoms with Crippen LogP contribution in [0.2, 0.25) is 0 Å². The van der Waals surface area contributed by atoms with Gasteiger partial charge in [0.15, 0.2) is 11.8 Å². The Morgan fingerprint density at radius 1 is 1.08 bits per heavy atom. The van der Waals surface area contributed by atoms with Crippen LogP contribution in [0, 0.1) is 0 Å². The third-order valence-electron chi connectivity index (χ3n) is 3.39. The molecule has 0 aromatic carbocycles. The Kier molecular flexibility index (Phi) is 10.9. The average Bonchev–Trinajstić information content (AvgIpc) is 3.07. The van der Waals surface area contributed by atoms with Crippen LogP contribution in [0.4, 0.5) is 0 Å². The number of hydrogen-bond acceptors (Lipinski definition) is 6. The third-order valence-corrected chi connectivity index (χ3v) is 3.39. The first-order valence-corrected chi connectivity index (χ1v) is 9.48. The first-order valence-electron chi connectivity index (χ1n) is 9.48. The zero-order chi connectivity index (χ0) is 19.3. The summed E-state index contributed by atoms with van der Waals surface area (Å²) < 4.78 is 16.3. The van der Waals surface area contributed by atoms with Gasteiger partial charge in [-0.05, 0) is 13.3 Å². The van der Waals surface area contributed by atoms with Gasteiger partial charge in [-0.2, -0.15) is 4.98 Å². The fraction of sp³-hybridized carbons (Fsp3) is 0.833. The average molecular weight is 370 g/mol. The van der Waals surface area contributed by atoms with Crippen molar-refractivity contribution in [3.63, 3.8) is 0 Å². The van der Waals surface area contributed by atoms with Gasteiger partial charge in [0.2, 0.25) is 5.89 Å². The van der Waals surface area contributed by atoms with Crippen molar-refractivity contribution in [3.8, 4) is 0 Å². The summed E-state index contributed by atoms with van der Waals surface area (Å²) in [6.07, 6.45) is 2.25. The molecule has 0 saturated carbocycles. The molecule has 0 saturated heterocycles. The first-order chi connectivity index (χ1) is 12.5. The Labute approximate surface area is 157 Å². The van der Waals surface area contributed by atoms with Crippen molar-refractivity contribution >= 4 is 5.96 Å². The van der Waals surface area contributed by atoms with E-state index in [1.54, 1.807) is 0 Å². The van der Waals surface area contributed by atoms with Gasteiger partial charge in [-0.15, -0.1) is 0 Å². The minimum Gasteiger partial charge on any atom is -0.379 e. The SMILES string of the molecule is CCCCOCCOCCNC(=NCc1noc(C(C)(C)C)n1)NCC. The van der Waals surface area contributed by atoms with Gasteiger partial charge in [0.1, 0.15) is 6.54 Å². The molecule has 0 aliphatic rings. The van der Waals surface area contributed by atoms with Crippen molar-refractivity contribution in [3.05, 3.63) is 11.7 Å². The first kappa shape index (κ1) is 22.4. The zero-order valence-electron chi connectivity index (χ0n) is 16.9. The van der Waals surface area contributed by atoms with E-state index >= 15 is 0 Å². The lowest BCUT2D eigenvalue weighted by molar-refractivity contribution is 0.0487. The summed E-state index contributed by atoms with van der Waals surface area (Å²) in [5.74, 6) is 1.90. The standard InChI is InChI=1S/C18H35N5O3/c1-6-8-10-24-12-13-25-11-9-20-17(19-7-2)21-14-15-22-16(26-23-15)18(3,4)5/h6-14H2,1-5H3,(H2,19,20,21). The summed E-state index contributed by atoms with van der Waals surface area (Å²) in [6, 6.07) is 0. The monoisotopic (exact) mass is 369 g/mol. The number of aromatic nitrogens is 2. The van der Waals surface area contributed by atoms with Crippen LogP contribution in [0.15, 0.2) is 9.52 Å². The van der Waals surface area contributed by atoms with Gasteiger partial charge < -0.3 is 24.6 Å². The number of hydrogen-bond donors (Lipinski definition) is 2. The molecular formula is C18H35N5O3. The van der Waals surface area contributed by atoms with E-state index < -0.39 is 0 Å². The second-order valence-corrected chi connectivity index (χ2v) is 6.97. The van der Waals surface area contributed by atoms with Crippen LogP contribution in [0.25, 0.3) is 0 Å². The highest BCUT2D eigenvalue weighted by molar-refractivity contribution is 5.79. The molecular weight excluding hydrogens is 334 g/mol. The normalized spacial score (nSPS) is 12.4. The highest BCUT2D eigenvalue weighted by atomic mass is 16.5. The maximum atomic E-state index is 5.54. The molecule has 1 heterocycles. The van der Waals surface area contributed by atoms with Gasteiger partial charge in [0.25, 0.3) is 0 Å². The number of nitrogens with one attached hydrogen (secondary N) is 2. The van der Waals surface area contributed by atoms with E-state index in [0.717, 1.165) is 26.0 Å². The minimum atomic E-state index is -0.157. The van der Waals surface area contributed by atoms with Crippen molar-refractivity contribution < 1.29 is 14.0 Å². The lowest BCUT2D eigenvalue weighted by atomic mass is 9.97. The van der Waals surface area contributed by atoms with Crippen molar-refractivity contribution in [2.24, 2.45) is 4.99 Å². The molecule has 0 fully saturated rings. The van der Waals surface area contributed by atoms with Crippen molar-refractivity contribution in [1.82, 2.24) is 20.8 Å². The highest BCUT2D eigenvalue weighted by Crippen LogP contribution is 2.19. The van der Waals surface area contributed by atoms with E-state index in [-0.39, 0.29) is 5.41 Å². The molecule has 0 atom stereocenters. The van der Waals surface area contributed by atoms with Crippen LogP contribution in [0.5, 0.6) is 0 Å². The summed E-state index contributed by atoms with van der Waals surface area (Å²) in [6.45, 7) is 14.7. The van der Waals surface area contributed by atoms with Crippen LogP contribution >= 0.6 is 0 Å². The Morgan fingerprint density at radius 3 is 2.42 bits per heavy atom. The molecule has 2 N–H and O–H groups in total. The van der Waals surface area contributed by atoms with Gasteiger partial charge in [-0.1, -0.05) is 39.3 Å². The number of aliphatic imine (C=N–C) groups is 1. The van der Waals surface area contributed by atoms with Gasteiger partial charge in [0, 0.05) is 25.1 Å². The molecule has 8 heteroatoms. The van der Waals surface area contributed by atoms with Crippen molar-refractivity contribution in [2.75, 3.05) is 39.5 Å². The zero-order valence-corrected chi connectivity index (χ0v) is 16.9. The maximum absolute atomic E-state index is 5.54. The number of guanidine groups is 1. The van der Waals surface area contributed by atoms with E-state index in [2.05, 4.69) is 32.7 Å². The molecule has 0 spiro atoms. The second-order valence-electron chi connectivity index (χ2n) is 6.97. The molecule has 1 rings (SSSR count). The van der Waals surface area contributed by atoms with Crippen LogP contribution in [-0.4, -0.2) is 55.6 Å². The third kappa shape index (κ3) is 9.72. The largest absolute Gasteiger partial charge is 0.379 e. The smallest absolute Gasteiger partial charge is 0.232 e. The number of nitrogens with zero attached hydrogens (tertiary/aromatic N) is 3. The van der Waals surface area contributed by atoms with E-state index in [4.69, 9.17) is 14.0 Å². The van der Waals surface area contributed by atoms with Gasteiger partial charge in [0.05, 0.1) is 19.8 Å². The molecule has 0 bridgehead atoms. The molecule has 0 unspecified atom stereocenters. The lowest BCUT2D eigenvalue weighted by Gasteiger charge is -2.11. The van der Waals surface area contributed by atoms with Crippen LogP contribution in [-0.2, 0) is 21.4 Å². The minimum absolute atomic E-state index is 0.157. The molecule has 8 nitrogen and oxygen atoms in total. The fourth-order valence-corrected chi connectivity index (χ4v) is 1.92. The van der Waals surface area contributed by atoms with Gasteiger partial charge in [-0.25, -0.2) is 4.99 Å². The fourth-order valence-electron chi connectivity index (χ4n) is 1.92. The Balaban J connectivity index is 2.28. The molecule has 0 amide bonds. The summed E-state index contributed by atoms with van der Waals surface area (Å²) in [7, 11) is 0. The molecule has 0 radical (unpaired) electrons. The summed E-state index contributed by atoms with van der Waals surface area (Å²) in [5, 5.41) is 10.4. The van der Waals surface area contributed by atoms with Crippen LogP contribution < -0.4 is 10.6 Å². The van der Waals surface area contributed by atoms with Crippen LogP contribution in [0.3, 0.4) is 0 Å². The van der Waals surface area contributed by atoms with E-state index in [1.807, 2.05) is 27.7 Å². The highest BCUT2D eigenvalue weighted by Gasteiger charge is 2.21. The Bertz CT molecular complexity index is 511. The summed E-state index contributed by atoms with van der Waals surface area (Å²) in [4.78, 5) is 8.86. The van der Waals surface area contributed by atoms with Crippen LogP contribution in [0.1, 0.15) is 59.2 Å². The Hall–Kier alpha value is -1.67. The van der Waals surface area contributed by atoms with E-state index in [0.29, 0.717) is 50.6 Å². The predicted octanol–water partition coefficient (Wildman–Crippen LogP) is 2.26. The van der Waals surface area contributed by atoms with Gasteiger partial charge >= 0.3 is 0 Å². The number of ether oxygens (including phenoxy) is 2. The molecule has 0 aliphatic carbocycles. The van der Waals surface area contributed by atoms with Crippen molar-refractivity contribution in [2.45, 2.75) is 59.4 Å². The lowest BCUT2D eigenvalue weighted by Crippen LogP contribution is -2.39. The Morgan fingerprint density at radius 2 is 1.81 bits per heavy atom.